The molecule has 1 aliphatic heterocycles. The second kappa shape index (κ2) is 9.52. The third kappa shape index (κ3) is 5.71. The third-order valence-corrected chi connectivity index (χ3v) is 4.32. The normalized spacial score (nSPS) is 18.7. The van der Waals surface area contributed by atoms with Gasteiger partial charge in [-0.05, 0) is 58.3 Å². The number of benzene rings is 1. The van der Waals surface area contributed by atoms with E-state index in [2.05, 4.69) is 54.6 Å². The van der Waals surface area contributed by atoms with E-state index in [1.807, 2.05) is 6.92 Å². The molecule has 5 nitrogen and oxygen atoms in total. The van der Waals surface area contributed by atoms with Crippen LogP contribution in [0.4, 0.5) is 0 Å². The molecule has 24 heavy (non-hydrogen) atoms. The molecule has 1 aromatic carbocycles. The summed E-state index contributed by atoms with van der Waals surface area (Å²) in [4.78, 5) is 7.12. The van der Waals surface area contributed by atoms with Gasteiger partial charge >= 0.3 is 0 Å². The van der Waals surface area contributed by atoms with E-state index in [0.29, 0.717) is 19.1 Å². The van der Waals surface area contributed by atoms with Gasteiger partial charge in [-0.3, -0.25) is 0 Å². The van der Waals surface area contributed by atoms with Gasteiger partial charge in [0, 0.05) is 25.2 Å². The predicted molar refractivity (Wildman–Crippen MR) is 101 cm³/mol. The first-order valence-corrected chi connectivity index (χ1v) is 9.05. The average Bonchev–Trinajstić information content (AvgIpc) is 2.97. The van der Waals surface area contributed by atoms with Gasteiger partial charge in [-0.2, -0.15) is 0 Å². The fourth-order valence-electron chi connectivity index (χ4n) is 3.02. The topological polar surface area (TPSA) is 48.9 Å². The molecular formula is C19H32N4O. The van der Waals surface area contributed by atoms with Gasteiger partial charge < -0.3 is 20.3 Å². The second-order valence-corrected chi connectivity index (χ2v) is 6.54. The van der Waals surface area contributed by atoms with Crippen molar-refractivity contribution in [1.29, 1.82) is 0 Å². The van der Waals surface area contributed by atoms with E-state index in [1.54, 1.807) is 0 Å². The fraction of sp³-hybridized carbons (Fsp3) is 0.632. The van der Waals surface area contributed by atoms with Crippen LogP contribution in [0.15, 0.2) is 23.2 Å². The summed E-state index contributed by atoms with van der Waals surface area (Å²) in [7, 11) is 2.19. The number of nitrogens with one attached hydrogen (secondary N) is 2. The van der Waals surface area contributed by atoms with E-state index in [0.717, 1.165) is 30.4 Å². The third-order valence-electron chi connectivity index (χ3n) is 4.32. The molecule has 2 N–H and O–H groups in total. The van der Waals surface area contributed by atoms with Crippen molar-refractivity contribution >= 4 is 5.96 Å². The number of rotatable bonds is 7. The van der Waals surface area contributed by atoms with Gasteiger partial charge in [-0.15, -0.1) is 0 Å². The number of ether oxygens (including phenoxy) is 1. The highest BCUT2D eigenvalue weighted by atomic mass is 16.5. The number of hydrogen-bond acceptors (Lipinski definition) is 3. The van der Waals surface area contributed by atoms with Crippen molar-refractivity contribution in [3.8, 4) is 5.75 Å². The van der Waals surface area contributed by atoms with E-state index in [1.165, 1.54) is 25.1 Å². The summed E-state index contributed by atoms with van der Waals surface area (Å²) < 4.78 is 5.75. The minimum atomic E-state index is 0.621. The van der Waals surface area contributed by atoms with Crippen molar-refractivity contribution in [2.24, 2.45) is 10.9 Å². The zero-order chi connectivity index (χ0) is 17.4. The molecule has 1 aromatic rings. The van der Waals surface area contributed by atoms with E-state index in [9.17, 15) is 0 Å². The van der Waals surface area contributed by atoms with Crippen LogP contribution in [0.5, 0.6) is 5.75 Å². The van der Waals surface area contributed by atoms with Crippen molar-refractivity contribution in [2.75, 3.05) is 39.8 Å². The Labute approximate surface area is 146 Å². The van der Waals surface area contributed by atoms with Crippen molar-refractivity contribution in [1.82, 2.24) is 15.5 Å². The molecule has 1 atom stereocenters. The van der Waals surface area contributed by atoms with Gasteiger partial charge in [0.25, 0.3) is 0 Å². The van der Waals surface area contributed by atoms with Gasteiger partial charge in [0.2, 0.25) is 0 Å². The lowest BCUT2D eigenvalue weighted by atomic mass is 10.1. The number of guanidine groups is 1. The Balaban J connectivity index is 1.97. The zero-order valence-electron chi connectivity index (χ0n) is 15.6. The van der Waals surface area contributed by atoms with Crippen LogP contribution in [0, 0.1) is 12.8 Å². The molecule has 1 heterocycles. The van der Waals surface area contributed by atoms with E-state index < -0.39 is 0 Å². The molecule has 1 fully saturated rings. The number of nitrogens with zero attached hydrogens (tertiary/aromatic N) is 2. The van der Waals surface area contributed by atoms with Crippen LogP contribution in [0.2, 0.25) is 0 Å². The van der Waals surface area contributed by atoms with Crippen molar-refractivity contribution in [3.05, 3.63) is 29.3 Å². The Kier molecular flexibility index (Phi) is 7.37. The highest BCUT2D eigenvalue weighted by molar-refractivity contribution is 5.79. The lowest BCUT2D eigenvalue weighted by molar-refractivity contribution is 0.336. The molecule has 0 amide bonds. The van der Waals surface area contributed by atoms with Gasteiger partial charge in [0.15, 0.2) is 5.96 Å². The molecule has 0 aliphatic carbocycles. The Morgan fingerprint density at radius 3 is 2.83 bits per heavy atom. The van der Waals surface area contributed by atoms with Gasteiger partial charge in [-0.25, -0.2) is 4.99 Å². The standard InChI is InChI=1S/C19H32N4O/c1-5-20-19(21-12-16-9-10-23(4)14-16)22-13-17-8-7-15(3)11-18(17)24-6-2/h7-8,11,16H,5-6,9-10,12-14H2,1-4H3,(H2,20,21,22). The molecule has 134 valence electrons. The molecule has 0 aromatic heterocycles. The number of aryl methyl sites for hydroxylation is 1. The molecule has 5 heteroatoms. The number of aliphatic imine (C=N–C) groups is 1. The SMILES string of the molecule is CCNC(=NCc1ccc(C)cc1OCC)NCC1CCN(C)C1. The first-order chi connectivity index (χ1) is 11.6. The molecular weight excluding hydrogens is 300 g/mol. The second-order valence-electron chi connectivity index (χ2n) is 6.54. The van der Waals surface area contributed by atoms with Crippen LogP contribution < -0.4 is 15.4 Å². The summed E-state index contributed by atoms with van der Waals surface area (Å²) in [5.41, 5.74) is 2.34. The van der Waals surface area contributed by atoms with Crippen LogP contribution in [0.3, 0.4) is 0 Å². The van der Waals surface area contributed by atoms with Gasteiger partial charge in [0.05, 0.1) is 13.2 Å². The zero-order valence-corrected chi connectivity index (χ0v) is 15.6. The Morgan fingerprint density at radius 1 is 1.33 bits per heavy atom. The molecule has 0 spiro atoms. The van der Waals surface area contributed by atoms with Crippen LogP contribution >= 0.6 is 0 Å². The molecule has 0 radical (unpaired) electrons. The highest BCUT2D eigenvalue weighted by Gasteiger charge is 2.19. The fourth-order valence-corrected chi connectivity index (χ4v) is 3.02. The maximum atomic E-state index is 5.75. The Hall–Kier alpha value is -1.75. The number of likely N-dealkylation sites (tertiary alicyclic amines) is 1. The maximum Gasteiger partial charge on any atom is 0.191 e. The summed E-state index contributed by atoms with van der Waals surface area (Å²) in [5.74, 6) is 2.53. The predicted octanol–water partition coefficient (Wildman–Crippen LogP) is 2.40. The molecule has 2 rings (SSSR count). The minimum Gasteiger partial charge on any atom is -0.494 e. The highest BCUT2D eigenvalue weighted by Crippen LogP contribution is 2.21. The van der Waals surface area contributed by atoms with Gasteiger partial charge in [-0.1, -0.05) is 12.1 Å². The molecule has 1 unspecified atom stereocenters. The summed E-state index contributed by atoms with van der Waals surface area (Å²) in [5, 5.41) is 6.82. The lowest BCUT2D eigenvalue weighted by Gasteiger charge is -2.16. The van der Waals surface area contributed by atoms with Crippen molar-refractivity contribution < 1.29 is 4.74 Å². The summed E-state index contributed by atoms with van der Waals surface area (Å²) in [6.07, 6.45) is 1.26. The Morgan fingerprint density at radius 2 is 2.17 bits per heavy atom. The summed E-state index contributed by atoms with van der Waals surface area (Å²) >= 11 is 0. The molecule has 0 bridgehead atoms. The summed E-state index contributed by atoms with van der Waals surface area (Å²) in [6.45, 7) is 11.7. The first kappa shape index (κ1) is 18.6. The van der Waals surface area contributed by atoms with E-state index >= 15 is 0 Å². The lowest BCUT2D eigenvalue weighted by Crippen LogP contribution is -2.40. The monoisotopic (exact) mass is 332 g/mol. The first-order valence-electron chi connectivity index (χ1n) is 9.05. The van der Waals surface area contributed by atoms with E-state index in [-0.39, 0.29) is 0 Å². The smallest absolute Gasteiger partial charge is 0.191 e. The van der Waals surface area contributed by atoms with Crippen molar-refractivity contribution in [2.45, 2.75) is 33.7 Å². The molecule has 0 saturated carbocycles. The summed E-state index contributed by atoms with van der Waals surface area (Å²) in [6, 6.07) is 6.31. The van der Waals surface area contributed by atoms with Crippen LogP contribution in [-0.2, 0) is 6.54 Å². The van der Waals surface area contributed by atoms with Crippen LogP contribution in [0.25, 0.3) is 0 Å². The molecule has 1 aliphatic rings. The quantitative estimate of drug-likeness (QED) is 0.595. The van der Waals surface area contributed by atoms with Crippen molar-refractivity contribution in [3.63, 3.8) is 0 Å². The van der Waals surface area contributed by atoms with Crippen LogP contribution in [-0.4, -0.2) is 50.7 Å². The van der Waals surface area contributed by atoms with Crippen LogP contribution in [0.1, 0.15) is 31.4 Å². The number of hydrogen-bond donors (Lipinski definition) is 2. The minimum absolute atomic E-state index is 0.621. The van der Waals surface area contributed by atoms with E-state index in [4.69, 9.17) is 9.73 Å². The Bertz CT molecular complexity index is 544. The molecule has 1 saturated heterocycles. The largest absolute Gasteiger partial charge is 0.494 e. The van der Waals surface area contributed by atoms with Gasteiger partial charge in [0.1, 0.15) is 5.75 Å². The maximum absolute atomic E-state index is 5.75. The average molecular weight is 332 g/mol.